The van der Waals surface area contributed by atoms with E-state index >= 15 is 0 Å². The molecule has 0 saturated heterocycles. The molecule has 178 valence electrons. The molecule has 0 spiro atoms. The molecule has 0 atom stereocenters. The Labute approximate surface area is 203 Å². The number of amides is 1. The molecule has 1 N–H and O–H groups in total. The van der Waals surface area contributed by atoms with Gasteiger partial charge in [0.25, 0.3) is 15.9 Å². The largest absolute Gasteiger partial charge is 0.497 e. The van der Waals surface area contributed by atoms with Crippen molar-refractivity contribution < 1.29 is 22.7 Å². The van der Waals surface area contributed by atoms with Crippen LogP contribution in [0.2, 0.25) is 5.02 Å². The minimum absolute atomic E-state index is 0.00830. The summed E-state index contributed by atoms with van der Waals surface area (Å²) in [5.74, 6) is 0.598. The van der Waals surface area contributed by atoms with Crippen LogP contribution in [-0.4, -0.2) is 40.8 Å². The minimum atomic E-state index is -4.07. The molecule has 3 aromatic carbocycles. The molecule has 3 rings (SSSR count). The first kappa shape index (κ1) is 25.1. The second-order valence-corrected chi connectivity index (χ2v) is 9.42. The number of methoxy groups -OCH3 is 2. The standard InChI is InChI=1S/C24H24ClN3O5S/c1-17(18-4-10-21(32-2)11-5-18)26-27-24(29)16-28(20-8-6-19(25)7-9-20)34(30,31)23-14-12-22(33-3)13-15-23/h4-15H,16H2,1-3H3,(H,27,29)/b26-17-. The second kappa shape index (κ2) is 11.0. The smallest absolute Gasteiger partial charge is 0.264 e. The van der Waals surface area contributed by atoms with Gasteiger partial charge in [-0.15, -0.1) is 0 Å². The maximum absolute atomic E-state index is 13.4. The summed E-state index contributed by atoms with van der Waals surface area (Å²) in [6.07, 6.45) is 0. The Morgan fingerprint density at radius 1 is 0.912 bits per heavy atom. The number of sulfonamides is 1. The zero-order valence-electron chi connectivity index (χ0n) is 18.9. The van der Waals surface area contributed by atoms with Crippen molar-refractivity contribution in [3.05, 3.63) is 83.4 Å². The van der Waals surface area contributed by atoms with Gasteiger partial charge in [-0.2, -0.15) is 5.10 Å². The van der Waals surface area contributed by atoms with Gasteiger partial charge in [-0.25, -0.2) is 13.8 Å². The van der Waals surface area contributed by atoms with Gasteiger partial charge in [-0.05, 0) is 85.3 Å². The van der Waals surface area contributed by atoms with Crippen molar-refractivity contribution in [2.24, 2.45) is 5.10 Å². The number of rotatable bonds is 9. The fourth-order valence-electron chi connectivity index (χ4n) is 3.01. The van der Waals surface area contributed by atoms with Crippen molar-refractivity contribution in [1.29, 1.82) is 0 Å². The highest BCUT2D eigenvalue weighted by atomic mass is 35.5. The van der Waals surface area contributed by atoms with Crippen molar-refractivity contribution in [2.75, 3.05) is 25.1 Å². The fraction of sp³-hybridized carbons (Fsp3) is 0.167. The number of carbonyl (C=O) groups is 1. The van der Waals surface area contributed by atoms with E-state index in [-0.39, 0.29) is 10.6 Å². The Morgan fingerprint density at radius 2 is 1.44 bits per heavy atom. The Bertz CT molecular complexity index is 1260. The molecular weight excluding hydrogens is 478 g/mol. The van der Waals surface area contributed by atoms with Crippen molar-refractivity contribution in [3.8, 4) is 11.5 Å². The third-order valence-corrected chi connectivity index (χ3v) is 6.95. The molecule has 0 aromatic heterocycles. The van der Waals surface area contributed by atoms with Crippen LogP contribution in [-0.2, 0) is 14.8 Å². The molecule has 0 heterocycles. The molecule has 8 nitrogen and oxygen atoms in total. The molecule has 10 heteroatoms. The highest BCUT2D eigenvalue weighted by Crippen LogP contribution is 2.26. The van der Waals surface area contributed by atoms with Crippen LogP contribution < -0.4 is 19.2 Å². The van der Waals surface area contributed by atoms with Gasteiger partial charge in [-0.1, -0.05) is 11.6 Å². The summed E-state index contributed by atoms with van der Waals surface area (Å²) in [6, 6.07) is 19.2. The number of hydrazone groups is 1. The second-order valence-electron chi connectivity index (χ2n) is 7.12. The third-order valence-electron chi connectivity index (χ3n) is 4.91. The van der Waals surface area contributed by atoms with Crippen LogP contribution in [0, 0.1) is 0 Å². The molecule has 0 unspecified atom stereocenters. The summed E-state index contributed by atoms with van der Waals surface area (Å²) in [5.41, 5.74) is 4.04. The number of ether oxygens (including phenoxy) is 2. The molecule has 0 saturated carbocycles. The van der Waals surface area contributed by atoms with Crippen LogP contribution in [0.3, 0.4) is 0 Å². The van der Waals surface area contributed by atoms with Crippen LogP contribution in [0.25, 0.3) is 0 Å². The Morgan fingerprint density at radius 3 is 1.97 bits per heavy atom. The van der Waals surface area contributed by atoms with E-state index in [1.165, 1.54) is 43.5 Å². The van der Waals surface area contributed by atoms with Crippen molar-refractivity contribution in [3.63, 3.8) is 0 Å². The first-order valence-corrected chi connectivity index (χ1v) is 12.0. The predicted octanol–water partition coefficient (Wildman–Crippen LogP) is 4.09. The van der Waals surface area contributed by atoms with Gasteiger partial charge >= 0.3 is 0 Å². The average Bonchev–Trinajstić information content (AvgIpc) is 2.86. The van der Waals surface area contributed by atoms with Gasteiger partial charge in [0.1, 0.15) is 18.0 Å². The topological polar surface area (TPSA) is 97.3 Å². The number of nitrogens with one attached hydrogen (secondary N) is 1. The Hall–Kier alpha value is -3.56. The molecular formula is C24H24ClN3O5S. The van der Waals surface area contributed by atoms with Gasteiger partial charge in [0, 0.05) is 5.02 Å². The molecule has 0 fully saturated rings. The van der Waals surface area contributed by atoms with Crippen molar-refractivity contribution >= 4 is 38.9 Å². The summed E-state index contributed by atoms with van der Waals surface area (Å²) < 4.78 is 38.0. The van der Waals surface area contributed by atoms with Crippen LogP contribution in [0.4, 0.5) is 5.69 Å². The summed E-state index contributed by atoms with van der Waals surface area (Å²) in [5, 5.41) is 4.54. The van der Waals surface area contributed by atoms with Gasteiger partial charge in [0.15, 0.2) is 0 Å². The van der Waals surface area contributed by atoms with E-state index in [4.69, 9.17) is 21.1 Å². The average molecular weight is 502 g/mol. The molecule has 34 heavy (non-hydrogen) atoms. The van der Waals surface area contributed by atoms with E-state index in [1.807, 2.05) is 0 Å². The van der Waals surface area contributed by atoms with Gasteiger partial charge < -0.3 is 9.47 Å². The Balaban J connectivity index is 1.84. The highest BCUT2D eigenvalue weighted by molar-refractivity contribution is 7.92. The molecule has 0 aliphatic heterocycles. The van der Waals surface area contributed by atoms with E-state index in [0.717, 1.165) is 9.87 Å². The maximum atomic E-state index is 13.4. The van der Waals surface area contributed by atoms with Gasteiger partial charge in [0.05, 0.1) is 30.5 Å². The van der Waals surface area contributed by atoms with E-state index in [0.29, 0.717) is 22.2 Å². The fourth-order valence-corrected chi connectivity index (χ4v) is 4.55. The summed E-state index contributed by atoms with van der Waals surface area (Å²) >= 11 is 5.96. The molecule has 0 aliphatic rings. The van der Waals surface area contributed by atoms with Crippen LogP contribution >= 0.6 is 11.6 Å². The number of nitrogens with zero attached hydrogens (tertiary/aromatic N) is 2. The first-order valence-electron chi connectivity index (χ1n) is 10.1. The number of carbonyl (C=O) groups excluding carboxylic acids is 1. The number of hydrogen-bond donors (Lipinski definition) is 1. The lowest BCUT2D eigenvalue weighted by Crippen LogP contribution is -2.39. The predicted molar refractivity (Wildman–Crippen MR) is 132 cm³/mol. The Kier molecular flexibility index (Phi) is 8.14. The first-order chi connectivity index (χ1) is 16.2. The van der Waals surface area contributed by atoms with Gasteiger partial charge in [-0.3, -0.25) is 9.10 Å². The van der Waals surface area contributed by atoms with E-state index in [9.17, 15) is 13.2 Å². The highest BCUT2D eigenvalue weighted by Gasteiger charge is 2.27. The number of halogens is 1. The zero-order valence-corrected chi connectivity index (χ0v) is 20.4. The molecule has 0 bridgehead atoms. The van der Waals surface area contributed by atoms with E-state index < -0.39 is 22.5 Å². The SMILES string of the molecule is COc1ccc(/C(C)=N\NC(=O)CN(c2ccc(Cl)cc2)S(=O)(=O)c2ccc(OC)cc2)cc1. The molecule has 0 aliphatic carbocycles. The van der Waals surface area contributed by atoms with Crippen LogP contribution in [0.15, 0.2) is 82.8 Å². The van der Waals surface area contributed by atoms with Crippen molar-refractivity contribution in [2.45, 2.75) is 11.8 Å². The lowest BCUT2D eigenvalue weighted by atomic mass is 10.1. The number of hydrogen-bond acceptors (Lipinski definition) is 6. The lowest BCUT2D eigenvalue weighted by molar-refractivity contribution is -0.119. The summed E-state index contributed by atoms with van der Waals surface area (Å²) in [4.78, 5) is 12.7. The molecule has 3 aromatic rings. The lowest BCUT2D eigenvalue weighted by Gasteiger charge is -2.24. The van der Waals surface area contributed by atoms with Gasteiger partial charge in [0.2, 0.25) is 0 Å². The number of anilines is 1. The van der Waals surface area contributed by atoms with E-state index in [1.54, 1.807) is 50.4 Å². The number of benzene rings is 3. The van der Waals surface area contributed by atoms with E-state index in [2.05, 4.69) is 10.5 Å². The molecule has 1 amide bonds. The third kappa shape index (κ3) is 6.06. The normalized spacial score (nSPS) is 11.6. The zero-order chi connectivity index (χ0) is 24.7. The maximum Gasteiger partial charge on any atom is 0.264 e. The summed E-state index contributed by atoms with van der Waals surface area (Å²) in [6.45, 7) is 1.24. The summed E-state index contributed by atoms with van der Waals surface area (Å²) in [7, 11) is -1.01. The van der Waals surface area contributed by atoms with Crippen LogP contribution in [0.1, 0.15) is 12.5 Å². The van der Waals surface area contributed by atoms with Crippen LogP contribution in [0.5, 0.6) is 11.5 Å². The molecule has 0 radical (unpaired) electrons. The van der Waals surface area contributed by atoms with Crippen molar-refractivity contribution in [1.82, 2.24) is 5.43 Å². The monoisotopic (exact) mass is 501 g/mol. The quantitative estimate of drug-likeness (QED) is 0.352. The minimum Gasteiger partial charge on any atom is -0.497 e.